The Morgan fingerprint density at radius 2 is 2.29 bits per heavy atom. The van der Waals surface area contributed by atoms with Gasteiger partial charge < -0.3 is 0 Å². The van der Waals surface area contributed by atoms with Gasteiger partial charge in [-0.25, -0.2) is 0 Å². The van der Waals surface area contributed by atoms with Crippen molar-refractivity contribution in [1.29, 1.82) is 0 Å². The summed E-state index contributed by atoms with van der Waals surface area (Å²) in [5.74, 6) is 0. The van der Waals surface area contributed by atoms with Crippen molar-refractivity contribution in [2.45, 2.75) is 20.3 Å². The van der Waals surface area contributed by atoms with E-state index in [2.05, 4.69) is 0 Å². The molecule has 0 saturated heterocycles. The van der Waals surface area contributed by atoms with E-state index in [-0.39, 0.29) is 0 Å². The van der Waals surface area contributed by atoms with Gasteiger partial charge in [0.05, 0.1) is 0 Å². The summed E-state index contributed by atoms with van der Waals surface area (Å²) in [5.41, 5.74) is 0.970. The third-order valence-corrected chi connectivity index (χ3v) is 0.676. The van der Waals surface area contributed by atoms with E-state index in [1.807, 2.05) is 26.0 Å². The summed E-state index contributed by atoms with van der Waals surface area (Å²) in [6.45, 7) is 3.91. The van der Waals surface area contributed by atoms with Crippen molar-refractivity contribution in [3.63, 3.8) is 0 Å². The molecule has 0 bridgehead atoms. The van der Waals surface area contributed by atoms with Crippen molar-refractivity contribution in [2.24, 2.45) is 0 Å². The fourth-order valence-electron chi connectivity index (χ4n) is 0.304. The molecular weight excluding hydrogens is 82.9 g/mol. The Labute approximate surface area is 46.3 Å². The van der Waals surface area contributed by atoms with Gasteiger partial charge in [0.25, 0.3) is 0 Å². The monoisotopic (exact) mass is 93.1 g/mol. The van der Waals surface area contributed by atoms with Crippen LogP contribution in [0.15, 0.2) is 12.2 Å². The van der Waals surface area contributed by atoms with E-state index < -0.39 is 0 Å². The first-order valence-electron chi connectivity index (χ1n) is 2.46. The van der Waals surface area contributed by atoms with Gasteiger partial charge in [0.15, 0.2) is 0 Å². The summed E-state index contributed by atoms with van der Waals surface area (Å²) in [4.78, 5) is 0. The van der Waals surface area contributed by atoms with Crippen LogP contribution in [0, 0.1) is 0 Å². The molecule has 0 fully saturated rings. The van der Waals surface area contributed by atoms with E-state index in [4.69, 9.17) is 7.49 Å². The second-order valence-corrected chi connectivity index (χ2v) is 1.62. The van der Waals surface area contributed by atoms with Gasteiger partial charge in [-0.15, -0.1) is 0 Å². The SMILES string of the molecule is [B]=C(C)CC=CC. The van der Waals surface area contributed by atoms with Gasteiger partial charge in [-0.05, 0) is 0 Å². The van der Waals surface area contributed by atoms with Crippen LogP contribution in [-0.4, -0.2) is 13.0 Å². The van der Waals surface area contributed by atoms with Crippen molar-refractivity contribution in [1.82, 2.24) is 0 Å². The van der Waals surface area contributed by atoms with Crippen LogP contribution in [0.4, 0.5) is 0 Å². The Balaban J connectivity index is 3.14. The number of allylic oxidation sites excluding steroid dienone is 2. The van der Waals surface area contributed by atoms with Crippen molar-refractivity contribution in [3.8, 4) is 0 Å². The maximum atomic E-state index is 5.34. The minimum absolute atomic E-state index is 0.913. The third-order valence-electron chi connectivity index (χ3n) is 0.676. The number of rotatable bonds is 2. The van der Waals surface area contributed by atoms with Crippen LogP contribution in [-0.2, 0) is 0 Å². The van der Waals surface area contributed by atoms with E-state index in [0.29, 0.717) is 0 Å². The number of hydrogen-bond donors (Lipinski definition) is 0. The van der Waals surface area contributed by atoms with Crippen molar-refractivity contribution in [3.05, 3.63) is 12.2 Å². The van der Waals surface area contributed by atoms with Crippen LogP contribution in [0.25, 0.3) is 0 Å². The first-order chi connectivity index (χ1) is 3.27. The molecule has 7 heavy (non-hydrogen) atoms. The summed E-state index contributed by atoms with van der Waals surface area (Å²) >= 11 is 0. The quantitative estimate of drug-likeness (QED) is 0.356. The number of hydrogen-bond acceptors (Lipinski definition) is 0. The molecule has 0 N–H and O–H groups in total. The molecule has 0 unspecified atom stereocenters. The van der Waals surface area contributed by atoms with E-state index in [1.54, 1.807) is 0 Å². The van der Waals surface area contributed by atoms with Crippen LogP contribution in [0.5, 0.6) is 0 Å². The third kappa shape index (κ3) is 5.67. The maximum absolute atomic E-state index is 5.34. The van der Waals surface area contributed by atoms with Gasteiger partial charge in [0.1, 0.15) is 0 Å². The molecule has 0 aliphatic heterocycles. The Kier molecular flexibility index (Phi) is 3.67. The van der Waals surface area contributed by atoms with Crippen LogP contribution in [0.1, 0.15) is 20.3 Å². The molecule has 0 aromatic carbocycles. The standard InChI is InChI=1S/C6H10B/c1-3-4-5-6(2)7/h3-4H,5H2,1-2H3. The van der Waals surface area contributed by atoms with E-state index in [0.717, 1.165) is 11.9 Å². The van der Waals surface area contributed by atoms with Crippen LogP contribution in [0.3, 0.4) is 0 Å². The fourth-order valence-corrected chi connectivity index (χ4v) is 0.304. The summed E-state index contributed by atoms with van der Waals surface area (Å²) in [6.07, 6.45) is 4.95. The van der Waals surface area contributed by atoms with Crippen molar-refractivity contribution in [2.75, 3.05) is 0 Å². The second kappa shape index (κ2) is 3.85. The minimum atomic E-state index is 0.913. The van der Waals surface area contributed by atoms with Crippen LogP contribution < -0.4 is 0 Å². The molecule has 0 spiro atoms. The van der Waals surface area contributed by atoms with Gasteiger partial charge in [-0.1, -0.05) is 0 Å². The van der Waals surface area contributed by atoms with Gasteiger partial charge in [0, 0.05) is 0 Å². The summed E-state index contributed by atoms with van der Waals surface area (Å²) in [6, 6.07) is 0. The Bertz CT molecular complexity index is 82.2. The molecule has 0 atom stereocenters. The molecule has 0 heterocycles. The second-order valence-electron chi connectivity index (χ2n) is 1.62. The molecule has 0 nitrogen and oxygen atoms in total. The average molecular weight is 93.0 g/mol. The topological polar surface area (TPSA) is 0 Å². The van der Waals surface area contributed by atoms with E-state index >= 15 is 0 Å². The first kappa shape index (κ1) is 6.67. The van der Waals surface area contributed by atoms with Crippen molar-refractivity contribution >= 4 is 13.0 Å². The molecule has 1 radical (unpaired) electrons. The summed E-state index contributed by atoms with van der Waals surface area (Å²) in [7, 11) is 5.34. The Morgan fingerprint density at radius 1 is 1.71 bits per heavy atom. The molecule has 0 aliphatic rings. The van der Waals surface area contributed by atoms with E-state index in [1.165, 1.54) is 0 Å². The summed E-state index contributed by atoms with van der Waals surface area (Å²) < 4.78 is 0. The molecule has 1 heteroatoms. The molecule has 0 aromatic heterocycles. The van der Waals surface area contributed by atoms with Crippen LogP contribution >= 0.6 is 0 Å². The van der Waals surface area contributed by atoms with Gasteiger partial charge in [-0.3, -0.25) is 0 Å². The molecule has 0 aliphatic carbocycles. The Hall–Kier alpha value is -0.325. The normalized spacial score (nSPS) is 9.86. The molecule has 0 saturated carbocycles. The molecule has 37 valence electrons. The molecule has 0 aromatic rings. The van der Waals surface area contributed by atoms with Gasteiger partial charge in [0.2, 0.25) is 0 Å². The van der Waals surface area contributed by atoms with Crippen molar-refractivity contribution < 1.29 is 0 Å². The predicted molar refractivity (Wildman–Crippen MR) is 35.9 cm³/mol. The van der Waals surface area contributed by atoms with Gasteiger partial charge >= 0.3 is 45.4 Å². The Morgan fingerprint density at radius 3 is 2.43 bits per heavy atom. The average Bonchev–Trinajstić information content (AvgIpc) is 1.61. The summed E-state index contributed by atoms with van der Waals surface area (Å²) in [5, 5.41) is 0. The zero-order chi connectivity index (χ0) is 5.70. The first-order valence-corrected chi connectivity index (χ1v) is 2.46. The van der Waals surface area contributed by atoms with Crippen LogP contribution in [0.2, 0.25) is 0 Å². The zero-order valence-electron chi connectivity index (χ0n) is 4.94. The molecule has 0 rings (SSSR count). The molecule has 0 amide bonds. The van der Waals surface area contributed by atoms with Gasteiger partial charge in [-0.2, -0.15) is 0 Å². The fraction of sp³-hybridized carbons (Fsp3) is 0.500. The van der Waals surface area contributed by atoms with E-state index in [9.17, 15) is 0 Å². The molecular formula is C6H10B. The predicted octanol–water partition coefficient (Wildman–Crippen LogP) is 1.31. The zero-order valence-corrected chi connectivity index (χ0v) is 4.94.